The van der Waals surface area contributed by atoms with Crippen molar-refractivity contribution in [3.05, 3.63) is 24.3 Å². The molecule has 0 radical (unpaired) electrons. The Hall–Kier alpha value is -1.11. The number of hydrogen-bond donors (Lipinski definition) is 1. The van der Waals surface area contributed by atoms with E-state index in [1.54, 1.807) is 24.3 Å². The average molecular weight is 356 g/mol. The predicted molar refractivity (Wildman–Crippen MR) is 95.1 cm³/mol. The van der Waals surface area contributed by atoms with Gasteiger partial charge in [0, 0.05) is 25.3 Å². The van der Waals surface area contributed by atoms with Gasteiger partial charge in [0.25, 0.3) is 0 Å². The highest BCUT2D eigenvalue weighted by molar-refractivity contribution is 7.90. The van der Waals surface area contributed by atoms with Crippen LogP contribution in [0.25, 0.3) is 0 Å². The molecule has 1 heterocycles. The first-order chi connectivity index (χ1) is 11.3. The Kier molecular flexibility index (Phi) is 6.66. The van der Waals surface area contributed by atoms with Crippen molar-refractivity contribution >= 4 is 9.84 Å². The number of sulfone groups is 1. The number of likely N-dealkylation sites (tertiary alicyclic amines) is 1. The van der Waals surface area contributed by atoms with E-state index in [0.717, 1.165) is 32.5 Å². The van der Waals surface area contributed by atoms with Gasteiger partial charge in [0.15, 0.2) is 9.84 Å². The van der Waals surface area contributed by atoms with Crippen LogP contribution in [0.4, 0.5) is 0 Å². The van der Waals surface area contributed by atoms with E-state index >= 15 is 0 Å². The van der Waals surface area contributed by atoms with Crippen molar-refractivity contribution in [3.63, 3.8) is 0 Å². The Bertz CT molecular complexity index is 612. The molecule has 1 saturated heterocycles. The van der Waals surface area contributed by atoms with Crippen LogP contribution in [-0.4, -0.2) is 57.0 Å². The lowest BCUT2D eigenvalue weighted by atomic mass is 9.95. The SMILES string of the molecule is CC(C)CCN1CCC(O)C(COc2ccc(S(C)(=O)=O)cc2)C1. The second-order valence-electron chi connectivity index (χ2n) is 7.15. The zero-order chi connectivity index (χ0) is 17.7. The number of piperidine rings is 1. The summed E-state index contributed by atoms with van der Waals surface area (Å²) >= 11 is 0. The van der Waals surface area contributed by atoms with E-state index in [4.69, 9.17) is 4.74 Å². The number of nitrogens with zero attached hydrogens (tertiary/aromatic N) is 1. The fourth-order valence-electron chi connectivity index (χ4n) is 2.89. The van der Waals surface area contributed by atoms with E-state index in [-0.39, 0.29) is 16.9 Å². The first kappa shape index (κ1) is 19.2. The lowest BCUT2D eigenvalue weighted by Gasteiger charge is -2.36. The molecule has 2 atom stereocenters. The first-order valence-corrected chi connectivity index (χ1v) is 10.5. The van der Waals surface area contributed by atoms with Gasteiger partial charge in [-0.15, -0.1) is 0 Å². The van der Waals surface area contributed by atoms with Gasteiger partial charge < -0.3 is 14.7 Å². The summed E-state index contributed by atoms with van der Waals surface area (Å²) in [5.74, 6) is 1.40. The van der Waals surface area contributed by atoms with Crippen molar-refractivity contribution in [2.75, 3.05) is 32.5 Å². The van der Waals surface area contributed by atoms with Crippen molar-refractivity contribution in [2.45, 2.75) is 37.7 Å². The Balaban J connectivity index is 1.87. The van der Waals surface area contributed by atoms with Crippen molar-refractivity contribution in [2.24, 2.45) is 11.8 Å². The normalized spacial score (nSPS) is 22.7. The molecule has 0 amide bonds. The molecule has 0 aliphatic carbocycles. The topological polar surface area (TPSA) is 66.8 Å². The van der Waals surface area contributed by atoms with Crippen LogP contribution in [0.3, 0.4) is 0 Å². The van der Waals surface area contributed by atoms with Gasteiger partial charge in [-0.05, 0) is 49.6 Å². The summed E-state index contributed by atoms with van der Waals surface area (Å²) in [5, 5.41) is 10.2. The summed E-state index contributed by atoms with van der Waals surface area (Å²) in [6.45, 7) is 7.73. The molecule has 0 spiro atoms. The fourth-order valence-corrected chi connectivity index (χ4v) is 3.52. The molecule has 6 heteroatoms. The van der Waals surface area contributed by atoms with E-state index in [2.05, 4.69) is 18.7 Å². The zero-order valence-corrected chi connectivity index (χ0v) is 15.6. The van der Waals surface area contributed by atoms with Crippen molar-refractivity contribution in [1.82, 2.24) is 4.90 Å². The summed E-state index contributed by atoms with van der Waals surface area (Å²) in [6, 6.07) is 6.44. The second kappa shape index (κ2) is 8.32. The molecule has 5 nitrogen and oxygen atoms in total. The molecule has 1 aromatic carbocycles. The third kappa shape index (κ3) is 5.76. The molecule has 1 N–H and O–H groups in total. The maximum absolute atomic E-state index is 11.5. The molecule has 1 aromatic rings. The predicted octanol–water partition coefficient (Wildman–Crippen LogP) is 2.20. The maximum atomic E-state index is 11.5. The van der Waals surface area contributed by atoms with Crippen molar-refractivity contribution in [3.8, 4) is 5.75 Å². The van der Waals surface area contributed by atoms with Crippen LogP contribution in [0.15, 0.2) is 29.2 Å². The first-order valence-electron chi connectivity index (χ1n) is 8.59. The third-order valence-electron chi connectivity index (χ3n) is 4.52. The van der Waals surface area contributed by atoms with Gasteiger partial charge in [0.05, 0.1) is 17.6 Å². The molecule has 2 rings (SSSR count). The fraction of sp³-hybridized carbons (Fsp3) is 0.667. The Labute approximate surface area is 145 Å². The van der Waals surface area contributed by atoms with E-state index in [0.29, 0.717) is 18.3 Å². The summed E-state index contributed by atoms with van der Waals surface area (Å²) in [4.78, 5) is 2.68. The van der Waals surface area contributed by atoms with Crippen LogP contribution in [0.2, 0.25) is 0 Å². The molecule has 0 bridgehead atoms. The smallest absolute Gasteiger partial charge is 0.175 e. The van der Waals surface area contributed by atoms with E-state index in [1.807, 2.05) is 0 Å². The number of ether oxygens (including phenoxy) is 1. The molecule has 2 unspecified atom stereocenters. The van der Waals surface area contributed by atoms with E-state index in [1.165, 1.54) is 6.26 Å². The number of rotatable bonds is 7. The molecule has 1 aliphatic rings. The van der Waals surface area contributed by atoms with Gasteiger partial charge in [-0.1, -0.05) is 13.8 Å². The number of benzene rings is 1. The Morgan fingerprint density at radius 1 is 1.29 bits per heavy atom. The van der Waals surface area contributed by atoms with Gasteiger partial charge in [0.2, 0.25) is 0 Å². The minimum absolute atomic E-state index is 0.0838. The molecule has 0 aromatic heterocycles. The number of hydrogen-bond acceptors (Lipinski definition) is 5. The van der Waals surface area contributed by atoms with Crippen LogP contribution in [-0.2, 0) is 9.84 Å². The lowest BCUT2D eigenvalue weighted by Crippen LogP contribution is -2.45. The molecule has 24 heavy (non-hydrogen) atoms. The van der Waals surface area contributed by atoms with Crippen LogP contribution >= 0.6 is 0 Å². The van der Waals surface area contributed by atoms with E-state index in [9.17, 15) is 13.5 Å². The van der Waals surface area contributed by atoms with Crippen molar-refractivity contribution in [1.29, 1.82) is 0 Å². The molecular weight excluding hydrogens is 326 g/mol. The largest absolute Gasteiger partial charge is 0.493 e. The molecule has 1 fully saturated rings. The highest BCUT2D eigenvalue weighted by Crippen LogP contribution is 2.21. The van der Waals surface area contributed by atoms with Gasteiger partial charge in [-0.3, -0.25) is 0 Å². The average Bonchev–Trinajstić information content (AvgIpc) is 2.52. The van der Waals surface area contributed by atoms with Crippen LogP contribution in [0, 0.1) is 11.8 Å². The molecule has 136 valence electrons. The van der Waals surface area contributed by atoms with Crippen LogP contribution in [0.1, 0.15) is 26.7 Å². The molecule has 1 aliphatic heterocycles. The minimum atomic E-state index is -3.19. The summed E-state index contributed by atoms with van der Waals surface area (Å²) in [6.07, 6.45) is 2.79. The Morgan fingerprint density at radius 3 is 2.54 bits per heavy atom. The Morgan fingerprint density at radius 2 is 1.96 bits per heavy atom. The van der Waals surface area contributed by atoms with Gasteiger partial charge in [-0.2, -0.15) is 0 Å². The quantitative estimate of drug-likeness (QED) is 0.812. The summed E-state index contributed by atoms with van der Waals surface area (Å²) in [5.41, 5.74) is 0. The standard InChI is InChI=1S/C18H29NO4S/c1-14(2)8-10-19-11-9-18(20)15(12-19)13-23-16-4-6-17(7-5-16)24(3,21)22/h4-7,14-15,18,20H,8-13H2,1-3H3. The second-order valence-corrected chi connectivity index (χ2v) is 9.17. The zero-order valence-electron chi connectivity index (χ0n) is 14.8. The molecular formula is C18H29NO4S. The van der Waals surface area contributed by atoms with Crippen LogP contribution in [0.5, 0.6) is 5.75 Å². The van der Waals surface area contributed by atoms with Gasteiger partial charge in [-0.25, -0.2) is 8.42 Å². The third-order valence-corrected chi connectivity index (χ3v) is 5.65. The monoisotopic (exact) mass is 355 g/mol. The number of aliphatic hydroxyl groups excluding tert-OH is 1. The summed E-state index contributed by atoms with van der Waals surface area (Å²) in [7, 11) is -3.19. The minimum Gasteiger partial charge on any atom is -0.493 e. The van der Waals surface area contributed by atoms with Crippen molar-refractivity contribution < 1.29 is 18.3 Å². The van der Waals surface area contributed by atoms with E-state index < -0.39 is 9.84 Å². The number of aliphatic hydroxyl groups is 1. The summed E-state index contributed by atoms with van der Waals surface area (Å²) < 4.78 is 28.7. The maximum Gasteiger partial charge on any atom is 0.175 e. The van der Waals surface area contributed by atoms with Gasteiger partial charge >= 0.3 is 0 Å². The molecule has 0 saturated carbocycles. The highest BCUT2D eigenvalue weighted by Gasteiger charge is 2.28. The lowest BCUT2D eigenvalue weighted by molar-refractivity contribution is 0.00440. The van der Waals surface area contributed by atoms with Crippen LogP contribution < -0.4 is 4.74 Å². The highest BCUT2D eigenvalue weighted by atomic mass is 32.2. The van der Waals surface area contributed by atoms with Gasteiger partial charge in [0.1, 0.15) is 5.75 Å².